The first-order valence-electron chi connectivity index (χ1n) is 44.7. The Morgan fingerprint density at radius 1 is 0.391 bits per heavy atom. The van der Waals surface area contributed by atoms with Gasteiger partial charge < -0.3 is 76.2 Å². The van der Waals surface area contributed by atoms with E-state index in [0.717, 1.165) is 113 Å². The Morgan fingerprint density at radius 2 is 0.707 bits per heavy atom. The highest BCUT2D eigenvalue weighted by molar-refractivity contribution is 6.06. The number of nitrogens with two attached hydrogens (primary N) is 7. The summed E-state index contributed by atoms with van der Waals surface area (Å²) in [6.07, 6.45) is 9.61. The third-order valence-corrected chi connectivity index (χ3v) is 25.0. The fourth-order valence-electron chi connectivity index (χ4n) is 17.9. The van der Waals surface area contributed by atoms with Crippen molar-refractivity contribution in [3.63, 3.8) is 0 Å². The van der Waals surface area contributed by atoms with Gasteiger partial charge in [0.15, 0.2) is 0 Å². The van der Waals surface area contributed by atoms with E-state index < -0.39 is 29.4 Å². The quantitative estimate of drug-likeness (QED) is 0.0253. The number of aryl methyl sites for hydroxylation is 4. The summed E-state index contributed by atoms with van der Waals surface area (Å²) in [5, 5.41) is 33.6. The van der Waals surface area contributed by atoms with Gasteiger partial charge >= 0.3 is 0 Å². The molecule has 8 aromatic carbocycles. The van der Waals surface area contributed by atoms with Gasteiger partial charge in [0.2, 0.25) is 0 Å². The van der Waals surface area contributed by atoms with Crippen molar-refractivity contribution in [2.75, 3.05) is 42.8 Å². The molecule has 19 N–H and O–H groups in total. The van der Waals surface area contributed by atoms with Crippen molar-refractivity contribution < 1.29 is 52.2 Å². The standard InChI is InChI=1S/C28H35N5O3.C26H31N5O3.C24H26FN5O2.C24H27N5O2/c1-17-8-6-7-9-21(17)26(35)31-16-18-10-12-19(13-11-18)23-22(25(30)34)24(29)33(32-23)20-14-27(2,3)36-28(4,5)15-20;1-16-6-4-5-7-19(16)25(33)29-14-17-8-10-18(11-9-17)22-21(24(28)32)23(27)31(30-22)20-12-13-34-15-26(20,2)3;1-14-6-11-17(25)12-19(14)24(32)28-13-15-7-9-16(10-8-15)21-20(23(27)31)22(26)30(29-21)18-4-2-3-5-18;1-15-6-3-4-9-19(15)24(31)27-14-16-10-12-17(13-11-16)21-20(22(25)30)23(26-2)29(28-21)18-7-5-8-18/h6-13,20H,14-16,29H2,1-5H3,(H2,30,34)(H,31,35);4-11,20H,12-15,27H2,1-3H3,(H2,28,32)(H,29,33);6-12,18H,2-5,13,26H2,1H3,(H2,27,31)(H,28,32);3-4,6,9-13,18,26H,5,7-8,14H2,1-2H3,(H2,25,30)(H,27,31). The number of carbonyl (C=O) groups excluding carboxylic acids is 8. The zero-order valence-electron chi connectivity index (χ0n) is 77.1. The number of aromatic nitrogens is 8. The minimum Gasteiger partial charge on any atom is -0.383 e. The molecule has 694 valence electrons. The molecule has 30 nitrogen and oxygen atoms in total. The van der Waals surface area contributed by atoms with Gasteiger partial charge in [-0.25, -0.2) is 23.1 Å². The van der Waals surface area contributed by atoms with Gasteiger partial charge in [0.25, 0.3) is 47.3 Å². The number of nitrogens with zero attached hydrogens (tertiary/aromatic N) is 8. The molecule has 0 spiro atoms. The lowest BCUT2D eigenvalue weighted by Gasteiger charge is -2.45. The van der Waals surface area contributed by atoms with Gasteiger partial charge in [-0.05, 0) is 182 Å². The van der Waals surface area contributed by atoms with Gasteiger partial charge in [0.05, 0.1) is 42.0 Å². The highest BCUT2D eigenvalue weighted by Gasteiger charge is 2.43. The van der Waals surface area contributed by atoms with Crippen LogP contribution in [-0.4, -0.2) is 118 Å². The highest BCUT2D eigenvalue weighted by atomic mass is 19.1. The van der Waals surface area contributed by atoms with Crippen LogP contribution in [-0.2, 0) is 35.7 Å². The maximum Gasteiger partial charge on any atom is 0.254 e. The van der Waals surface area contributed by atoms with Crippen LogP contribution in [0.2, 0.25) is 0 Å². The number of rotatable bonds is 25. The van der Waals surface area contributed by atoms with Crippen LogP contribution in [0.4, 0.5) is 27.7 Å². The van der Waals surface area contributed by atoms with Gasteiger partial charge in [-0.3, -0.25) is 38.4 Å². The second-order valence-corrected chi connectivity index (χ2v) is 36.4. The van der Waals surface area contributed by atoms with Gasteiger partial charge in [0, 0.05) is 89.8 Å². The Bertz CT molecular complexity index is 6280. The van der Waals surface area contributed by atoms with Crippen LogP contribution in [0.1, 0.15) is 257 Å². The lowest BCUT2D eigenvalue weighted by molar-refractivity contribution is -0.170. The second-order valence-electron chi connectivity index (χ2n) is 36.4. The number of hydrogen-bond donors (Lipinski definition) is 12. The van der Waals surface area contributed by atoms with Crippen LogP contribution in [0.3, 0.4) is 0 Å². The highest BCUT2D eigenvalue weighted by Crippen LogP contribution is 2.46. The number of anilines is 4. The summed E-state index contributed by atoms with van der Waals surface area (Å²) < 4.78 is 32.4. The molecule has 4 fully saturated rings. The molecule has 31 heteroatoms. The summed E-state index contributed by atoms with van der Waals surface area (Å²) in [4.78, 5) is 98.8. The SMILES string of the molecule is CNc1c(C(N)=O)c(-c2ccc(CNC(=O)c3ccccc3C)cc2)nn1C1CCC1.Cc1ccc(F)cc1C(=O)NCc1ccc(-c2nn(C3CCCC3)c(N)c2C(N)=O)cc1.Cc1ccccc1C(=O)NCc1ccc(-c2nn(C3CC(C)(C)OC(C)(C)C3)c(N)c2C(N)=O)cc1.Cc1ccccc1C(=O)NCc1ccc(-c2nn(C3CCOCC3(C)C)c(N)c2C(N)=O)cc1. The van der Waals surface area contributed by atoms with Gasteiger partial charge in [0.1, 0.15) is 74.1 Å². The molecular weight excluding hydrogens is 1680 g/mol. The molecular formula is C102H119FN20O10. The number of benzene rings is 8. The molecule has 16 rings (SSSR count). The van der Waals surface area contributed by atoms with E-state index >= 15 is 0 Å². The van der Waals surface area contributed by atoms with Crippen molar-refractivity contribution in [3.8, 4) is 45.0 Å². The maximum absolute atomic E-state index is 13.5. The summed E-state index contributed by atoms with van der Waals surface area (Å²) in [5.41, 5.74) is 56.4. The minimum atomic E-state index is -0.617. The smallest absolute Gasteiger partial charge is 0.254 e. The van der Waals surface area contributed by atoms with Gasteiger partial charge in [-0.1, -0.05) is 184 Å². The summed E-state index contributed by atoms with van der Waals surface area (Å²) in [6.45, 7) is 22.5. The van der Waals surface area contributed by atoms with E-state index in [2.05, 4.69) is 45.5 Å². The number of nitrogen functional groups attached to an aromatic ring is 3. The zero-order valence-corrected chi connectivity index (χ0v) is 77.1. The number of carbonyl (C=O) groups is 8. The molecule has 2 saturated heterocycles. The van der Waals surface area contributed by atoms with E-state index in [9.17, 15) is 42.7 Å². The average Bonchev–Trinajstić information content (AvgIpc) is 1.65. The number of ether oxygens (including phenoxy) is 2. The molecule has 0 radical (unpaired) electrons. The van der Waals surface area contributed by atoms with E-state index in [4.69, 9.17) is 64.9 Å². The van der Waals surface area contributed by atoms with E-state index in [-0.39, 0.29) is 93.2 Å². The first-order valence-corrected chi connectivity index (χ1v) is 44.7. The van der Waals surface area contributed by atoms with E-state index in [1.165, 1.54) is 12.1 Å². The van der Waals surface area contributed by atoms with E-state index in [1.807, 2.05) is 211 Å². The van der Waals surface area contributed by atoms with Crippen molar-refractivity contribution in [3.05, 3.63) is 283 Å². The summed E-state index contributed by atoms with van der Waals surface area (Å²) in [7, 11) is 1.78. The largest absolute Gasteiger partial charge is 0.383 e. The van der Waals surface area contributed by atoms with Crippen molar-refractivity contribution >= 4 is 70.5 Å². The Hall–Kier alpha value is -14.6. The monoisotopic (exact) mass is 1800 g/mol. The first kappa shape index (κ1) is 96.0. The van der Waals surface area contributed by atoms with Crippen LogP contribution in [0.5, 0.6) is 0 Å². The predicted octanol–water partition coefficient (Wildman–Crippen LogP) is 15.2. The molecule has 1 atom stereocenters. The lowest BCUT2D eigenvalue weighted by Crippen LogP contribution is -2.46. The molecule has 4 aliphatic rings. The molecule has 12 aromatic rings. The van der Waals surface area contributed by atoms with Crippen molar-refractivity contribution in [1.82, 2.24) is 60.4 Å². The Morgan fingerprint density at radius 3 is 1.05 bits per heavy atom. The van der Waals surface area contributed by atoms with Crippen LogP contribution in [0, 0.1) is 38.9 Å². The molecule has 2 aliphatic heterocycles. The molecule has 8 amide bonds. The first-order chi connectivity index (χ1) is 63.4. The number of primary amides is 4. The van der Waals surface area contributed by atoms with Crippen molar-refractivity contribution in [2.45, 2.75) is 195 Å². The topological polar surface area (TPSA) is 469 Å². The van der Waals surface area contributed by atoms with Crippen LogP contribution in [0.25, 0.3) is 45.0 Å². The van der Waals surface area contributed by atoms with Crippen LogP contribution < -0.4 is 66.7 Å². The summed E-state index contributed by atoms with van der Waals surface area (Å²) in [6, 6.07) is 57.0. The second kappa shape index (κ2) is 41.2. The number of halogens is 1. The number of hydrogen-bond acceptors (Lipinski definition) is 18. The summed E-state index contributed by atoms with van der Waals surface area (Å²) >= 11 is 0. The van der Waals surface area contributed by atoms with E-state index in [1.54, 1.807) is 46.2 Å². The van der Waals surface area contributed by atoms with Crippen LogP contribution >= 0.6 is 0 Å². The summed E-state index contributed by atoms with van der Waals surface area (Å²) in [5.74, 6) is -1.96. The molecule has 2 saturated carbocycles. The third kappa shape index (κ3) is 22.4. The number of nitrogens with one attached hydrogen (secondary N) is 5. The normalized spacial score (nSPS) is 15.5. The Kier molecular flexibility index (Phi) is 29.8. The van der Waals surface area contributed by atoms with Crippen molar-refractivity contribution in [1.29, 1.82) is 0 Å². The maximum atomic E-state index is 13.5. The predicted molar refractivity (Wildman–Crippen MR) is 513 cm³/mol. The third-order valence-electron chi connectivity index (χ3n) is 25.0. The minimum absolute atomic E-state index is 0.0102. The molecule has 4 aromatic heterocycles. The fourth-order valence-corrected chi connectivity index (χ4v) is 17.9. The van der Waals surface area contributed by atoms with Gasteiger partial charge in [-0.15, -0.1) is 0 Å². The van der Waals surface area contributed by atoms with E-state index in [0.29, 0.717) is 120 Å². The average molecular weight is 1800 g/mol. The van der Waals surface area contributed by atoms with Gasteiger partial charge in [-0.2, -0.15) is 20.4 Å². The molecule has 1 unspecified atom stereocenters. The molecule has 2 aliphatic carbocycles. The zero-order chi connectivity index (χ0) is 95.5. The lowest BCUT2D eigenvalue weighted by atomic mass is 9.82. The molecule has 133 heavy (non-hydrogen) atoms. The number of amides is 8. The molecule has 6 heterocycles. The van der Waals surface area contributed by atoms with Crippen LogP contribution in [0.15, 0.2) is 188 Å². The Labute approximate surface area is 773 Å². The molecule has 0 bridgehead atoms. The Balaban J connectivity index is 0.000000151. The van der Waals surface area contributed by atoms with Crippen molar-refractivity contribution in [2.24, 2.45) is 28.3 Å². The fraction of sp³-hybridized carbons (Fsp3) is 0.333.